The zero-order valence-corrected chi connectivity index (χ0v) is 18.1. The molecule has 1 aliphatic heterocycles. The van der Waals surface area contributed by atoms with E-state index in [1.807, 2.05) is 6.92 Å². The summed E-state index contributed by atoms with van der Waals surface area (Å²) in [5.74, 6) is -0.798. The van der Waals surface area contributed by atoms with E-state index in [2.05, 4.69) is 10.1 Å². The number of benzene rings is 3. The summed E-state index contributed by atoms with van der Waals surface area (Å²) < 4.78 is 34.2. The van der Waals surface area contributed by atoms with Crippen LogP contribution in [-0.4, -0.2) is 30.9 Å². The molecule has 3 aromatic carbocycles. The predicted molar refractivity (Wildman–Crippen MR) is 119 cm³/mol. The number of hydrogen-bond donors (Lipinski definition) is 1. The first-order chi connectivity index (χ1) is 16.4. The largest absolute Gasteiger partial charge is 0.494 e. The van der Waals surface area contributed by atoms with E-state index in [-0.39, 0.29) is 29.0 Å². The van der Waals surface area contributed by atoms with E-state index in [1.54, 1.807) is 36.4 Å². The van der Waals surface area contributed by atoms with Gasteiger partial charge in [-0.05, 0) is 67.1 Å². The molecule has 0 radical (unpaired) electrons. The summed E-state index contributed by atoms with van der Waals surface area (Å²) >= 11 is 0. The molecular weight excluding hydrogens is 446 g/mol. The maximum atomic E-state index is 13.0. The average molecular weight is 466 g/mol. The fraction of sp³-hybridized carbons (Fsp3) is 0.160. The Bertz CT molecular complexity index is 1230. The van der Waals surface area contributed by atoms with Crippen molar-refractivity contribution in [1.82, 2.24) is 5.32 Å². The number of carbonyl (C=O) groups excluding carboxylic acids is 3. The van der Waals surface area contributed by atoms with Gasteiger partial charge in [-0.25, -0.2) is 4.90 Å². The Kier molecular flexibility index (Phi) is 6.53. The number of alkyl halides is 2. The van der Waals surface area contributed by atoms with E-state index in [0.29, 0.717) is 23.6 Å². The minimum Gasteiger partial charge on any atom is -0.494 e. The standard InChI is InChI=1S/C25H20F2N2O5/c1-2-33-18-10-6-17(7-11-18)29-23(31)20-12-5-16(13-21(20)24(29)32)22(30)28-14-15-3-8-19(9-4-15)34-25(26)27/h3-13,25H,2,14H2,1H3,(H,28,30). The summed E-state index contributed by atoms with van der Waals surface area (Å²) in [5, 5.41) is 2.70. The molecule has 174 valence electrons. The van der Waals surface area contributed by atoms with Gasteiger partial charge in [0.15, 0.2) is 0 Å². The van der Waals surface area contributed by atoms with Gasteiger partial charge in [-0.3, -0.25) is 14.4 Å². The minimum atomic E-state index is -2.91. The van der Waals surface area contributed by atoms with Gasteiger partial charge in [0.2, 0.25) is 0 Å². The van der Waals surface area contributed by atoms with Crippen LogP contribution in [0.25, 0.3) is 0 Å². The maximum absolute atomic E-state index is 13.0. The van der Waals surface area contributed by atoms with Crippen LogP contribution < -0.4 is 19.7 Å². The summed E-state index contributed by atoms with van der Waals surface area (Å²) in [6, 6.07) is 16.8. The number of amides is 3. The monoisotopic (exact) mass is 466 g/mol. The molecule has 3 aromatic rings. The maximum Gasteiger partial charge on any atom is 0.387 e. The number of nitrogens with one attached hydrogen (secondary N) is 1. The molecule has 0 unspecified atom stereocenters. The molecule has 0 saturated carbocycles. The van der Waals surface area contributed by atoms with Crippen molar-refractivity contribution in [3.63, 3.8) is 0 Å². The Hall–Kier alpha value is -4.27. The SMILES string of the molecule is CCOc1ccc(N2C(=O)c3ccc(C(=O)NCc4ccc(OC(F)F)cc4)cc3C2=O)cc1. The average Bonchev–Trinajstić information content (AvgIpc) is 3.08. The Labute approximate surface area is 193 Å². The summed E-state index contributed by atoms with van der Waals surface area (Å²) in [6.45, 7) is -0.427. The molecule has 0 aromatic heterocycles. The lowest BCUT2D eigenvalue weighted by atomic mass is 10.1. The van der Waals surface area contributed by atoms with Crippen LogP contribution in [0.3, 0.4) is 0 Å². The lowest BCUT2D eigenvalue weighted by molar-refractivity contribution is -0.0498. The first kappa shape index (κ1) is 22.9. The van der Waals surface area contributed by atoms with E-state index < -0.39 is 24.3 Å². The summed E-state index contributed by atoms with van der Waals surface area (Å²) in [7, 11) is 0. The second kappa shape index (κ2) is 9.70. The molecule has 0 fully saturated rings. The summed E-state index contributed by atoms with van der Waals surface area (Å²) in [6.07, 6.45) is 0. The molecule has 1 aliphatic rings. The number of imide groups is 1. The second-order valence-electron chi connectivity index (χ2n) is 7.34. The minimum absolute atomic E-state index is 0.0176. The first-order valence-electron chi connectivity index (χ1n) is 10.4. The normalized spacial score (nSPS) is 12.6. The second-order valence-corrected chi connectivity index (χ2v) is 7.34. The molecule has 4 rings (SSSR count). The lowest BCUT2D eigenvalue weighted by Crippen LogP contribution is -2.29. The van der Waals surface area contributed by atoms with Crippen LogP contribution in [0.2, 0.25) is 0 Å². The van der Waals surface area contributed by atoms with Crippen LogP contribution in [0.4, 0.5) is 14.5 Å². The third-order valence-electron chi connectivity index (χ3n) is 5.16. The van der Waals surface area contributed by atoms with Gasteiger partial charge in [-0.15, -0.1) is 0 Å². The Balaban J connectivity index is 1.45. The number of nitrogens with zero attached hydrogens (tertiary/aromatic N) is 1. The summed E-state index contributed by atoms with van der Waals surface area (Å²) in [4.78, 5) is 39.4. The number of rotatable bonds is 8. The molecule has 9 heteroatoms. The number of halogens is 2. The van der Waals surface area contributed by atoms with Crippen molar-refractivity contribution in [1.29, 1.82) is 0 Å². The molecule has 0 bridgehead atoms. The fourth-order valence-corrected chi connectivity index (χ4v) is 3.55. The van der Waals surface area contributed by atoms with Crippen LogP contribution >= 0.6 is 0 Å². The number of anilines is 1. The topological polar surface area (TPSA) is 84.9 Å². The van der Waals surface area contributed by atoms with Gasteiger partial charge in [0, 0.05) is 12.1 Å². The van der Waals surface area contributed by atoms with E-state index in [9.17, 15) is 23.2 Å². The van der Waals surface area contributed by atoms with E-state index >= 15 is 0 Å². The highest BCUT2D eigenvalue weighted by molar-refractivity contribution is 6.34. The van der Waals surface area contributed by atoms with Crippen LogP contribution in [0, 0.1) is 0 Å². The highest BCUT2D eigenvalue weighted by atomic mass is 19.3. The van der Waals surface area contributed by atoms with Crippen LogP contribution in [0.15, 0.2) is 66.7 Å². The van der Waals surface area contributed by atoms with E-state index in [1.165, 1.54) is 30.3 Å². The van der Waals surface area contributed by atoms with Crippen molar-refractivity contribution in [3.05, 3.63) is 89.0 Å². The van der Waals surface area contributed by atoms with Gasteiger partial charge < -0.3 is 14.8 Å². The summed E-state index contributed by atoms with van der Waals surface area (Å²) in [5.41, 5.74) is 1.64. The Morgan fingerprint density at radius 1 is 0.912 bits per heavy atom. The molecule has 0 atom stereocenters. The van der Waals surface area contributed by atoms with Gasteiger partial charge >= 0.3 is 6.61 Å². The Morgan fingerprint density at radius 3 is 2.21 bits per heavy atom. The molecule has 0 aliphatic carbocycles. The van der Waals surface area contributed by atoms with Crippen molar-refractivity contribution in [3.8, 4) is 11.5 Å². The van der Waals surface area contributed by atoms with Gasteiger partial charge in [-0.2, -0.15) is 8.78 Å². The van der Waals surface area contributed by atoms with Crippen molar-refractivity contribution in [2.24, 2.45) is 0 Å². The third-order valence-corrected chi connectivity index (χ3v) is 5.16. The Morgan fingerprint density at radius 2 is 1.56 bits per heavy atom. The molecular formula is C25H20F2N2O5. The van der Waals surface area contributed by atoms with Crippen LogP contribution in [0.1, 0.15) is 43.6 Å². The molecule has 34 heavy (non-hydrogen) atoms. The van der Waals surface area contributed by atoms with Crippen LogP contribution in [-0.2, 0) is 6.54 Å². The quantitative estimate of drug-likeness (QED) is 0.497. The van der Waals surface area contributed by atoms with E-state index in [4.69, 9.17) is 4.74 Å². The van der Waals surface area contributed by atoms with E-state index in [0.717, 1.165) is 4.90 Å². The highest BCUT2D eigenvalue weighted by Crippen LogP contribution is 2.30. The fourth-order valence-electron chi connectivity index (χ4n) is 3.55. The molecule has 0 saturated heterocycles. The number of fused-ring (bicyclic) bond motifs is 1. The first-order valence-corrected chi connectivity index (χ1v) is 10.4. The predicted octanol–water partition coefficient (Wildman–Crippen LogP) is 4.42. The van der Waals surface area contributed by atoms with Gasteiger partial charge in [0.1, 0.15) is 11.5 Å². The lowest BCUT2D eigenvalue weighted by Gasteiger charge is -2.14. The van der Waals surface area contributed by atoms with Crippen molar-refractivity contribution in [2.45, 2.75) is 20.1 Å². The van der Waals surface area contributed by atoms with Crippen LogP contribution in [0.5, 0.6) is 11.5 Å². The van der Waals surface area contributed by atoms with Gasteiger partial charge in [-0.1, -0.05) is 12.1 Å². The van der Waals surface area contributed by atoms with Crippen molar-refractivity contribution in [2.75, 3.05) is 11.5 Å². The number of hydrogen-bond acceptors (Lipinski definition) is 5. The number of ether oxygens (including phenoxy) is 2. The number of carbonyl (C=O) groups is 3. The molecule has 3 amide bonds. The molecule has 1 heterocycles. The van der Waals surface area contributed by atoms with Gasteiger partial charge in [0.25, 0.3) is 17.7 Å². The molecule has 0 spiro atoms. The van der Waals surface area contributed by atoms with Crippen molar-refractivity contribution >= 4 is 23.4 Å². The third kappa shape index (κ3) is 4.73. The van der Waals surface area contributed by atoms with Crippen molar-refractivity contribution < 1.29 is 32.6 Å². The zero-order chi connectivity index (χ0) is 24.2. The molecule has 1 N–H and O–H groups in total. The highest BCUT2D eigenvalue weighted by Gasteiger charge is 2.37. The zero-order valence-electron chi connectivity index (χ0n) is 18.1. The molecule has 7 nitrogen and oxygen atoms in total. The smallest absolute Gasteiger partial charge is 0.387 e. The van der Waals surface area contributed by atoms with Gasteiger partial charge in [0.05, 0.1) is 23.4 Å².